The summed E-state index contributed by atoms with van der Waals surface area (Å²) < 4.78 is 0. The summed E-state index contributed by atoms with van der Waals surface area (Å²) in [5.41, 5.74) is -0.108. The Hall–Kier alpha value is -0.240. The van der Waals surface area contributed by atoms with Crippen LogP contribution in [-0.4, -0.2) is 29.3 Å². The van der Waals surface area contributed by atoms with Crippen molar-refractivity contribution < 1.29 is 4.79 Å². The van der Waals surface area contributed by atoms with E-state index in [0.717, 1.165) is 25.7 Å². The molecule has 17 heavy (non-hydrogen) atoms. The van der Waals surface area contributed by atoms with Gasteiger partial charge in [-0.3, -0.25) is 4.79 Å². The molecule has 0 N–H and O–H groups in total. The van der Waals surface area contributed by atoms with E-state index < -0.39 is 0 Å². The van der Waals surface area contributed by atoms with E-state index in [0.29, 0.717) is 5.91 Å². The average molecular weight is 258 g/mol. The minimum Gasteiger partial charge on any atom is -0.341 e. The second kappa shape index (κ2) is 5.17. The molecular weight excluding hydrogens is 234 g/mol. The monoisotopic (exact) mass is 257 g/mol. The van der Waals surface area contributed by atoms with Gasteiger partial charge >= 0.3 is 0 Å². The number of alkyl halides is 1. The van der Waals surface area contributed by atoms with Crippen molar-refractivity contribution in [2.45, 2.75) is 69.7 Å². The molecule has 2 fully saturated rings. The van der Waals surface area contributed by atoms with Crippen LogP contribution < -0.4 is 0 Å². The number of hydrogen-bond acceptors (Lipinski definition) is 1. The molecule has 2 rings (SSSR count). The lowest BCUT2D eigenvalue weighted by Crippen LogP contribution is -2.49. The molecule has 2 nitrogen and oxygen atoms in total. The van der Waals surface area contributed by atoms with Gasteiger partial charge in [-0.15, -0.1) is 11.6 Å². The summed E-state index contributed by atoms with van der Waals surface area (Å²) in [6.45, 7) is 2.13. The maximum Gasteiger partial charge on any atom is 0.228 e. The zero-order chi connectivity index (χ0) is 12.5. The molecule has 2 saturated carbocycles. The molecule has 0 spiro atoms. The van der Waals surface area contributed by atoms with Crippen LogP contribution in [0.2, 0.25) is 0 Å². The maximum absolute atomic E-state index is 12.6. The largest absolute Gasteiger partial charge is 0.341 e. The third-order valence-electron chi connectivity index (χ3n) is 4.69. The van der Waals surface area contributed by atoms with Crippen LogP contribution in [0, 0.1) is 5.41 Å². The Bertz CT molecular complexity index is 286. The molecule has 0 aromatic carbocycles. The number of hydrogen-bond donors (Lipinski definition) is 0. The van der Waals surface area contributed by atoms with Crippen LogP contribution in [-0.2, 0) is 4.79 Å². The van der Waals surface area contributed by atoms with Gasteiger partial charge in [0.15, 0.2) is 0 Å². The fraction of sp³-hybridized carbons (Fsp3) is 0.929. The van der Waals surface area contributed by atoms with Gasteiger partial charge in [0, 0.05) is 18.5 Å². The van der Waals surface area contributed by atoms with Crippen molar-refractivity contribution in [1.82, 2.24) is 4.90 Å². The lowest BCUT2D eigenvalue weighted by Gasteiger charge is -2.39. The van der Waals surface area contributed by atoms with Gasteiger partial charge < -0.3 is 4.90 Å². The van der Waals surface area contributed by atoms with E-state index in [1.54, 1.807) is 0 Å². The maximum atomic E-state index is 12.6. The summed E-state index contributed by atoms with van der Waals surface area (Å²) in [7, 11) is 1.96. The smallest absolute Gasteiger partial charge is 0.228 e. The summed E-state index contributed by atoms with van der Waals surface area (Å²) in [6.07, 6.45) is 9.06. The Labute approximate surface area is 110 Å². The highest BCUT2D eigenvalue weighted by atomic mass is 35.5. The first-order valence-corrected chi connectivity index (χ1v) is 7.39. The van der Waals surface area contributed by atoms with E-state index in [9.17, 15) is 4.79 Å². The van der Waals surface area contributed by atoms with Crippen molar-refractivity contribution in [3.63, 3.8) is 0 Å². The standard InChI is InChI=1S/C14H24ClNO/c1-14(9-5-6-10-14)13(17)16(2)12-8-4-3-7-11(12)15/h11-12H,3-10H2,1-2H3. The van der Waals surface area contributed by atoms with Gasteiger partial charge in [-0.2, -0.15) is 0 Å². The normalized spacial score (nSPS) is 32.4. The zero-order valence-electron chi connectivity index (χ0n) is 11.0. The Morgan fingerprint density at radius 3 is 2.35 bits per heavy atom. The predicted molar refractivity (Wildman–Crippen MR) is 71.2 cm³/mol. The van der Waals surface area contributed by atoms with Gasteiger partial charge in [0.05, 0.1) is 5.38 Å². The number of amides is 1. The fourth-order valence-corrected chi connectivity index (χ4v) is 3.90. The van der Waals surface area contributed by atoms with Crippen molar-refractivity contribution in [3.8, 4) is 0 Å². The molecule has 0 radical (unpaired) electrons. The molecule has 3 heteroatoms. The minimum atomic E-state index is -0.108. The first-order valence-electron chi connectivity index (χ1n) is 6.96. The SMILES string of the molecule is CN(C(=O)C1(C)CCCC1)C1CCCCC1Cl. The summed E-state index contributed by atoms with van der Waals surface area (Å²) in [5.74, 6) is 0.326. The second-order valence-electron chi connectivity index (χ2n) is 6.05. The Balaban J connectivity index is 2.03. The topological polar surface area (TPSA) is 20.3 Å². The van der Waals surface area contributed by atoms with Crippen molar-refractivity contribution >= 4 is 17.5 Å². The fourth-order valence-electron chi connectivity index (χ4n) is 3.45. The number of carbonyl (C=O) groups excluding carboxylic acids is 1. The Morgan fingerprint density at radius 1 is 1.18 bits per heavy atom. The molecule has 0 saturated heterocycles. The number of halogens is 1. The molecule has 0 heterocycles. The number of nitrogens with zero attached hydrogens (tertiary/aromatic N) is 1. The van der Waals surface area contributed by atoms with Gasteiger partial charge in [-0.25, -0.2) is 0 Å². The van der Waals surface area contributed by atoms with Crippen LogP contribution in [0.3, 0.4) is 0 Å². The molecule has 0 aliphatic heterocycles. The zero-order valence-corrected chi connectivity index (χ0v) is 11.8. The molecule has 98 valence electrons. The van der Waals surface area contributed by atoms with E-state index >= 15 is 0 Å². The highest BCUT2D eigenvalue weighted by molar-refractivity contribution is 6.21. The number of carbonyl (C=O) groups is 1. The van der Waals surface area contributed by atoms with Crippen LogP contribution >= 0.6 is 11.6 Å². The summed E-state index contributed by atoms with van der Waals surface area (Å²) in [5, 5.41) is 0.155. The number of rotatable bonds is 2. The molecule has 2 aliphatic rings. The van der Waals surface area contributed by atoms with Gasteiger partial charge in [-0.05, 0) is 25.7 Å². The Kier molecular flexibility index (Phi) is 4.02. The van der Waals surface area contributed by atoms with Crippen LogP contribution in [0.25, 0.3) is 0 Å². The van der Waals surface area contributed by atoms with E-state index in [1.807, 2.05) is 11.9 Å². The highest BCUT2D eigenvalue weighted by Crippen LogP contribution is 2.40. The van der Waals surface area contributed by atoms with Gasteiger partial charge in [-0.1, -0.05) is 32.6 Å². The van der Waals surface area contributed by atoms with Gasteiger partial charge in [0.1, 0.15) is 0 Å². The van der Waals surface area contributed by atoms with Crippen molar-refractivity contribution in [2.24, 2.45) is 5.41 Å². The third-order valence-corrected chi connectivity index (χ3v) is 5.20. The van der Waals surface area contributed by atoms with E-state index in [-0.39, 0.29) is 16.8 Å². The van der Waals surface area contributed by atoms with E-state index in [1.165, 1.54) is 25.7 Å². The highest BCUT2D eigenvalue weighted by Gasteiger charge is 2.41. The quantitative estimate of drug-likeness (QED) is 0.693. The first kappa shape index (κ1) is 13.2. The average Bonchev–Trinajstić information content (AvgIpc) is 2.76. The summed E-state index contributed by atoms with van der Waals surface area (Å²) >= 11 is 6.38. The van der Waals surface area contributed by atoms with Gasteiger partial charge in [0.25, 0.3) is 0 Å². The molecule has 0 bridgehead atoms. The Morgan fingerprint density at radius 2 is 1.76 bits per heavy atom. The summed E-state index contributed by atoms with van der Waals surface area (Å²) in [6, 6.07) is 0.260. The lowest BCUT2D eigenvalue weighted by molar-refractivity contribution is -0.142. The van der Waals surface area contributed by atoms with Gasteiger partial charge in [0.2, 0.25) is 5.91 Å². The van der Waals surface area contributed by atoms with Crippen LogP contribution in [0.4, 0.5) is 0 Å². The minimum absolute atomic E-state index is 0.108. The molecular formula is C14H24ClNO. The van der Waals surface area contributed by atoms with E-state index in [2.05, 4.69) is 6.92 Å². The molecule has 0 aromatic rings. The van der Waals surface area contributed by atoms with Crippen molar-refractivity contribution in [2.75, 3.05) is 7.05 Å². The molecule has 0 aromatic heterocycles. The molecule has 2 unspecified atom stereocenters. The van der Waals surface area contributed by atoms with Crippen LogP contribution in [0.15, 0.2) is 0 Å². The van der Waals surface area contributed by atoms with Crippen molar-refractivity contribution in [1.29, 1.82) is 0 Å². The molecule has 2 atom stereocenters. The van der Waals surface area contributed by atoms with Crippen molar-refractivity contribution in [3.05, 3.63) is 0 Å². The van der Waals surface area contributed by atoms with Crippen LogP contribution in [0.5, 0.6) is 0 Å². The molecule has 2 aliphatic carbocycles. The first-order chi connectivity index (χ1) is 8.04. The second-order valence-corrected chi connectivity index (χ2v) is 6.61. The molecule has 1 amide bonds. The van der Waals surface area contributed by atoms with E-state index in [4.69, 9.17) is 11.6 Å². The van der Waals surface area contributed by atoms with Crippen LogP contribution in [0.1, 0.15) is 58.3 Å². The predicted octanol–water partition coefficient (Wildman–Crippen LogP) is 3.58. The summed E-state index contributed by atoms with van der Waals surface area (Å²) in [4.78, 5) is 14.5. The third kappa shape index (κ3) is 2.62. The lowest BCUT2D eigenvalue weighted by atomic mass is 9.85.